The molecule has 2 unspecified atom stereocenters. The summed E-state index contributed by atoms with van der Waals surface area (Å²) in [6.45, 7) is 3.45. The Morgan fingerprint density at radius 2 is 1.90 bits per heavy atom. The summed E-state index contributed by atoms with van der Waals surface area (Å²) < 4.78 is 4.82. The molecule has 1 saturated heterocycles. The number of esters is 1. The lowest BCUT2D eigenvalue weighted by Crippen LogP contribution is -2.51. The fourth-order valence-electron chi connectivity index (χ4n) is 3.28. The van der Waals surface area contributed by atoms with E-state index in [1.807, 2.05) is 6.92 Å². The standard InChI is InChI=1S/C15H26N2O3/c1-11(14(18)16-13-7-3-4-8-13)17-9-5-6-12(10-17)15(19)20-2/h11-13H,3-10H2,1-2H3,(H,16,18). The zero-order chi connectivity index (χ0) is 14.5. The van der Waals surface area contributed by atoms with E-state index in [-0.39, 0.29) is 23.8 Å². The van der Waals surface area contributed by atoms with Crippen molar-refractivity contribution in [1.29, 1.82) is 0 Å². The predicted molar refractivity (Wildman–Crippen MR) is 76.2 cm³/mol. The molecule has 0 bridgehead atoms. The molecule has 5 heteroatoms. The monoisotopic (exact) mass is 282 g/mol. The maximum absolute atomic E-state index is 12.3. The van der Waals surface area contributed by atoms with E-state index < -0.39 is 0 Å². The van der Waals surface area contributed by atoms with Crippen molar-refractivity contribution in [3.8, 4) is 0 Å². The van der Waals surface area contributed by atoms with Crippen LogP contribution in [-0.4, -0.2) is 49.1 Å². The topological polar surface area (TPSA) is 58.6 Å². The average Bonchev–Trinajstić information content (AvgIpc) is 2.98. The number of methoxy groups -OCH3 is 1. The van der Waals surface area contributed by atoms with Crippen LogP contribution in [0.4, 0.5) is 0 Å². The van der Waals surface area contributed by atoms with E-state index in [1.165, 1.54) is 20.0 Å². The van der Waals surface area contributed by atoms with Crippen molar-refractivity contribution in [3.63, 3.8) is 0 Å². The molecule has 2 aliphatic rings. The van der Waals surface area contributed by atoms with Gasteiger partial charge in [-0.2, -0.15) is 0 Å². The molecule has 1 aliphatic heterocycles. The Labute approximate surface area is 121 Å². The van der Waals surface area contributed by atoms with E-state index in [0.29, 0.717) is 12.6 Å². The summed E-state index contributed by atoms with van der Waals surface area (Å²) >= 11 is 0. The van der Waals surface area contributed by atoms with Crippen LogP contribution in [0.1, 0.15) is 45.4 Å². The normalized spacial score (nSPS) is 26.2. The van der Waals surface area contributed by atoms with Crippen LogP contribution in [0.25, 0.3) is 0 Å². The van der Waals surface area contributed by atoms with Gasteiger partial charge in [0.2, 0.25) is 5.91 Å². The quantitative estimate of drug-likeness (QED) is 0.790. The molecule has 2 atom stereocenters. The van der Waals surface area contributed by atoms with Crippen molar-refractivity contribution in [2.75, 3.05) is 20.2 Å². The highest BCUT2D eigenvalue weighted by Crippen LogP contribution is 2.21. The molecule has 0 spiro atoms. The zero-order valence-corrected chi connectivity index (χ0v) is 12.6. The Kier molecular flexibility index (Phi) is 5.40. The molecule has 0 aromatic heterocycles. The van der Waals surface area contributed by atoms with Gasteiger partial charge >= 0.3 is 5.97 Å². The van der Waals surface area contributed by atoms with Crippen LogP contribution in [0.3, 0.4) is 0 Å². The number of carbonyl (C=O) groups is 2. The molecule has 0 aromatic rings. The van der Waals surface area contributed by atoms with Gasteiger partial charge in [-0.15, -0.1) is 0 Å². The second-order valence-electron chi connectivity index (χ2n) is 6.02. The summed E-state index contributed by atoms with van der Waals surface area (Å²) in [5.41, 5.74) is 0. The van der Waals surface area contributed by atoms with Crippen LogP contribution in [0.15, 0.2) is 0 Å². The first-order valence-corrected chi connectivity index (χ1v) is 7.74. The van der Waals surface area contributed by atoms with Crippen molar-refractivity contribution >= 4 is 11.9 Å². The smallest absolute Gasteiger partial charge is 0.309 e. The summed E-state index contributed by atoms with van der Waals surface area (Å²) in [5, 5.41) is 3.14. The van der Waals surface area contributed by atoms with E-state index in [2.05, 4.69) is 10.2 Å². The lowest BCUT2D eigenvalue weighted by Gasteiger charge is -2.35. The van der Waals surface area contributed by atoms with Gasteiger partial charge < -0.3 is 10.1 Å². The van der Waals surface area contributed by atoms with Crippen LogP contribution in [0.5, 0.6) is 0 Å². The lowest BCUT2D eigenvalue weighted by molar-refractivity contribution is -0.148. The molecule has 0 aromatic carbocycles. The van der Waals surface area contributed by atoms with E-state index >= 15 is 0 Å². The minimum absolute atomic E-state index is 0.0875. The minimum atomic E-state index is -0.164. The Morgan fingerprint density at radius 1 is 1.20 bits per heavy atom. The maximum Gasteiger partial charge on any atom is 0.309 e. The molecule has 20 heavy (non-hydrogen) atoms. The van der Waals surface area contributed by atoms with E-state index in [4.69, 9.17) is 4.74 Å². The third kappa shape index (κ3) is 3.72. The van der Waals surface area contributed by atoms with Crippen LogP contribution in [0.2, 0.25) is 0 Å². The molecule has 114 valence electrons. The fourth-order valence-corrected chi connectivity index (χ4v) is 3.28. The molecule has 1 aliphatic carbocycles. The number of likely N-dealkylation sites (tertiary alicyclic amines) is 1. The molecule has 2 fully saturated rings. The summed E-state index contributed by atoms with van der Waals surface area (Å²) in [6, 6.07) is 0.189. The Bertz CT molecular complexity index is 353. The van der Waals surface area contributed by atoms with Gasteiger partial charge in [0.1, 0.15) is 0 Å². The van der Waals surface area contributed by atoms with Crippen molar-refractivity contribution in [3.05, 3.63) is 0 Å². The van der Waals surface area contributed by atoms with Crippen molar-refractivity contribution in [2.45, 2.75) is 57.5 Å². The molecule has 1 saturated carbocycles. The van der Waals surface area contributed by atoms with E-state index in [0.717, 1.165) is 32.2 Å². The molecule has 1 heterocycles. The number of nitrogens with one attached hydrogen (secondary N) is 1. The summed E-state index contributed by atoms with van der Waals surface area (Å²) in [4.78, 5) is 26.0. The van der Waals surface area contributed by atoms with Gasteiger partial charge in [0.25, 0.3) is 0 Å². The van der Waals surface area contributed by atoms with Gasteiger partial charge in [0, 0.05) is 12.6 Å². The summed E-state index contributed by atoms with van der Waals surface area (Å²) in [7, 11) is 1.43. The second kappa shape index (κ2) is 7.07. The molecule has 5 nitrogen and oxygen atoms in total. The Hall–Kier alpha value is -1.10. The van der Waals surface area contributed by atoms with E-state index in [1.54, 1.807) is 0 Å². The van der Waals surface area contributed by atoms with Gasteiger partial charge in [-0.25, -0.2) is 0 Å². The maximum atomic E-state index is 12.3. The first-order valence-electron chi connectivity index (χ1n) is 7.74. The number of hydrogen-bond acceptors (Lipinski definition) is 4. The van der Waals surface area contributed by atoms with Gasteiger partial charge in [0.05, 0.1) is 19.1 Å². The minimum Gasteiger partial charge on any atom is -0.469 e. The number of nitrogens with zero attached hydrogens (tertiary/aromatic N) is 1. The van der Waals surface area contributed by atoms with Gasteiger partial charge in [0.15, 0.2) is 0 Å². The van der Waals surface area contributed by atoms with Crippen molar-refractivity contribution in [1.82, 2.24) is 10.2 Å². The van der Waals surface area contributed by atoms with Gasteiger partial charge in [-0.1, -0.05) is 12.8 Å². The SMILES string of the molecule is COC(=O)C1CCCN(C(C)C(=O)NC2CCCC2)C1. The first kappa shape index (κ1) is 15.3. The fraction of sp³-hybridized carbons (Fsp3) is 0.867. The van der Waals surface area contributed by atoms with Gasteiger partial charge in [-0.05, 0) is 39.2 Å². The second-order valence-corrected chi connectivity index (χ2v) is 6.02. The Morgan fingerprint density at radius 3 is 2.55 bits per heavy atom. The number of rotatable bonds is 4. The Balaban J connectivity index is 1.85. The highest BCUT2D eigenvalue weighted by atomic mass is 16.5. The lowest BCUT2D eigenvalue weighted by atomic mass is 9.97. The number of carbonyl (C=O) groups excluding carboxylic acids is 2. The summed E-state index contributed by atoms with van der Waals surface area (Å²) in [6.07, 6.45) is 6.44. The van der Waals surface area contributed by atoms with Crippen molar-refractivity contribution < 1.29 is 14.3 Å². The largest absolute Gasteiger partial charge is 0.469 e. The number of ether oxygens (including phenoxy) is 1. The van der Waals surface area contributed by atoms with Gasteiger partial charge in [-0.3, -0.25) is 14.5 Å². The highest BCUT2D eigenvalue weighted by molar-refractivity contribution is 5.81. The molecule has 2 rings (SSSR count). The van der Waals surface area contributed by atoms with Crippen molar-refractivity contribution in [2.24, 2.45) is 5.92 Å². The molecule has 1 amide bonds. The third-order valence-corrected chi connectivity index (χ3v) is 4.62. The number of amides is 1. The molecule has 1 N–H and O–H groups in total. The first-order chi connectivity index (χ1) is 9.61. The van der Waals surface area contributed by atoms with Crippen LogP contribution < -0.4 is 5.32 Å². The highest BCUT2D eigenvalue weighted by Gasteiger charge is 2.32. The van der Waals surface area contributed by atoms with Crippen LogP contribution in [-0.2, 0) is 14.3 Å². The van der Waals surface area contributed by atoms with Crippen LogP contribution in [0, 0.1) is 5.92 Å². The van der Waals surface area contributed by atoms with E-state index in [9.17, 15) is 9.59 Å². The third-order valence-electron chi connectivity index (χ3n) is 4.62. The average molecular weight is 282 g/mol. The predicted octanol–water partition coefficient (Wildman–Crippen LogP) is 1.32. The summed E-state index contributed by atoms with van der Waals surface area (Å²) in [5.74, 6) is -0.143. The zero-order valence-electron chi connectivity index (χ0n) is 12.6. The molecular formula is C15H26N2O3. The molecule has 0 radical (unpaired) electrons. The molecular weight excluding hydrogens is 256 g/mol. The van der Waals surface area contributed by atoms with Crippen LogP contribution >= 0.6 is 0 Å². The number of hydrogen-bond donors (Lipinski definition) is 1. The number of piperidine rings is 1.